The third-order valence-electron chi connectivity index (χ3n) is 1.47. The number of benzene rings is 1. The number of alkyl halides is 1. The molecule has 1 N–H and O–H groups in total. The van der Waals surface area contributed by atoms with E-state index >= 15 is 0 Å². The lowest BCUT2D eigenvalue weighted by atomic mass is 10.3. The Morgan fingerprint density at radius 3 is 2.46 bits per heavy atom. The Morgan fingerprint density at radius 2 is 2.00 bits per heavy atom. The lowest BCUT2D eigenvalue weighted by molar-refractivity contribution is -0.115. The topological polar surface area (TPSA) is 29.1 Å². The molecule has 0 spiro atoms. The van der Waals surface area contributed by atoms with Gasteiger partial charge in [-0.05, 0) is 31.2 Å². The predicted octanol–water partition coefficient (Wildman–Crippen LogP) is 2.59. The fraction of sp³-hybridized carbons (Fsp3) is 0.222. The minimum absolute atomic E-state index is 0.0767. The van der Waals surface area contributed by atoms with Crippen molar-refractivity contribution < 1.29 is 9.18 Å². The molecule has 1 amide bonds. The fourth-order valence-electron chi connectivity index (χ4n) is 0.775. The van der Waals surface area contributed by atoms with Gasteiger partial charge in [-0.25, -0.2) is 4.39 Å². The van der Waals surface area contributed by atoms with Crippen molar-refractivity contribution in [3.8, 4) is 0 Å². The van der Waals surface area contributed by atoms with E-state index in [1.54, 1.807) is 6.92 Å². The average Bonchev–Trinajstić information content (AvgIpc) is 2.08. The van der Waals surface area contributed by atoms with Gasteiger partial charge in [0.25, 0.3) is 0 Å². The second-order valence-electron chi connectivity index (χ2n) is 2.61. The van der Waals surface area contributed by atoms with E-state index in [4.69, 9.17) is 0 Å². The van der Waals surface area contributed by atoms with Crippen LogP contribution in [-0.4, -0.2) is 9.83 Å². The van der Waals surface area contributed by atoms with Gasteiger partial charge in [0.05, 0.1) is 3.92 Å². The molecule has 0 bridgehead atoms. The number of halogens is 2. The number of anilines is 1. The van der Waals surface area contributed by atoms with Gasteiger partial charge in [-0.3, -0.25) is 4.79 Å². The second-order valence-corrected chi connectivity index (χ2v) is 4.48. The van der Waals surface area contributed by atoms with Crippen LogP contribution in [0.5, 0.6) is 0 Å². The standard InChI is InChI=1S/C9H9FINO/c1-6(11)9(13)12-8-4-2-7(10)3-5-8/h2-6H,1H3,(H,12,13). The van der Waals surface area contributed by atoms with Crippen molar-refractivity contribution in [2.24, 2.45) is 0 Å². The number of carbonyl (C=O) groups is 1. The predicted molar refractivity (Wildman–Crippen MR) is 58.5 cm³/mol. The summed E-state index contributed by atoms with van der Waals surface area (Å²) in [5, 5.41) is 2.66. The third kappa shape index (κ3) is 3.30. The first-order chi connectivity index (χ1) is 6.09. The van der Waals surface area contributed by atoms with E-state index in [1.807, 2.05) is 22.6 Å². The van der Waals surface area contributed by atoms with Crippen molar-refractivity contribution in [3.05, 3.63) is 30.1 Å². The molecule has 1 aromatic carbocycles. The Kier molecular flexibility index (Phi) is 3.65. The quantitative estimate of drug-likeness (QED) is 0.659. The van der Waals surface area contributed by atoms with Crippen molar-refractivity contribution in [1.29, 1.82) is 0 Å². The number of carbonyl (C=O) groups excluding carboxylic acids is 1. The monoisotopic (exact) mass is 293 g/mol. The smallest absolute Gasteiger partial charge is 0.237 e. The summed E-state index contributed by atoms with van der Waals surface area (Å²) < 4.78 is 12.4. The largest absolute Gasteiger partial charge is 0.325 e. The van der Waals surface area contributed by atoms with Gasteiger partial charge in [0.15, 0.2) is 0 Å². The zero-order valence-corrected chi connectivity index (χ0v) is 9.21. The molecule has 0 aliphatic carbocycles. The van der Waals surface area contributed by atoms with Crippen LogP contribution in [0.15, 0.2) is 24.3 Å². The zero-order valence-electron chi connectivity index (χ0n) is 7.05. The summed E-state index contributed by atoms with van der Waals surface area (Å²) in [5.41, 5.74) is 0.620. The van der Waals surface area contributed by atoms with Gasteiger partial charge in [-0.2, -0.15) is 0 Å². The molecule has 1 aromatic rings. The molecule has 13 heavy (non-hydrogen) atoms. The highest BCUT2D eigenvalue weighted by Crippen LogP contribution is 2.10. The van der Waals surface area contributed by atoms with Gasteiger partial charge in [-0.1, -0.05) is 22.6 Å². The Morgan fingerprint density at radius 1 is 1.46 bits per heavy atom. The Hall–Kier alpha value is -0.650. The SMILES string of the molecule is CC(I)C(=O)Nc1ccc(F)cc1. The Balaban J connectivity index is 2.65. The molecule has 0 radical (unpaired) electrons. The molecule has 1 atom stereocenters. The molecule has 1 rings (SSSR count). The summed E-state index contributed by atoms with van der Waals surface area (Å²) in [4.78, 5) is 11.2. The molecule has 4 heteroatoms. The van der Waals surface area contributed by atoms with Gasteiger partial charge in [-0.15, -0.1) is 0 Å². The summed E-state index contributed by atoms with van der Waals surface area (Å²) in [5.74, 6) is -0.382. The lowest BCUT2D eigenvalue weighted by Crippen LogP contribution is -2.19. The lowest BCUT2D eigenvalue weighted by Gasteiger charge is -2.05. The van der Waals surface area contributed by atoms with E-state index < -0.39 is 0 Å². The number of hydrogen-bond acceptors (Lipinski definition) is 1. The van der Waals surface area contributed by atoms with Crippen molar-refractivity contribution in [3.63, 3.8) is 0 Å². The fourth-order valence-corrected chi connectivity index (χ4v) is 0.931. The maximum atomic E-state index is 12.5. The van der Waals surface area contributed by atoms with Crippen LogP contribution in [0, 0.1) is 5.82 Å². The highest BCUT2D eigenvalue weighted by Gasteiger charge is 2.07. The highest BCUT2D eigenvalue weighted by molar-refractivity contribution is 14.1. The maximum absolute atomic E-state index is 12.5. The van der Waals surface area contributed by atoms with Gasteiger partial charge in [0, 0.05) is 5.69 Å². The van der Waals surface area contributed by atoms with Gasteiger partial charge in [0.2, 0.25) is 5.91 Å². The Labute approximate surface area is 89.7 Å². The summed E-state index contributed by atoms with van der Waals surface area (Å²) in [6.07, 6.45) is 0. The molecule has 0 heterocycles. The van der Waals surface area contributed by atoms with E-state index in [0.29, 0.717) is 5.69 Å². The van der Waals surface area contributed by atoms with Crippen LogP contribution in [0.3, 0.4) is 0 Å². The van der Waals surface area contributed by atoms with Crippen LogP contribution in [0.4, 0.5) is 10.1 Å². The van der Waals surface area contributed by atoms with Crippen LogP contribution in [0.25, 0.3) is 0 Å². The first-order valence-corrected chi connectivity index (χ1v) is 5.04. The van der Waals surface area contributed by atoms with Crippen LogP contribution in [-0.2, 0) is 4.79 Å². The van der Waals surface area contributed by atoms with Crippen molar-refractivity contribution in [2.45, 2.75) is 10.8 Å². The van der Waals surface area contributed by atoms with Crippen molar-refractivity contribution in [2.75, 3.05) is 5.32 Å². The Bertz CT molecular complexity index is 297. The number of nitrogens with one attached hydrogen (secondary N) is 1. The van der Waals surface area contributed by atoms with Crippen LogP contribution in [0.2, 0.25) is 0 Å². The number of hydrogen-bond donors (Lipinski definition) is 1. The summed E-state index contributed by atoms with van der Waals surface area (Å²) in [6.45, 7) is 1.79. The van der Waals surface area contributed by atoms with Crippen LogP contribution in [0.1, 0.15) is 6.92 Å². The minimum atomic E-state index is -0.305. The molecular formula is C9H9FINO. The van der Waals surface area contributed by atoms with E-state index in [-0.39, 0.29) is 15.6 Å². The van der Waals surface area contributed by atoms with E-state index in [0.717, 1.165) is 0 Å². The molecule has 0 aliphatic rings. The molecule has 0 saturated carbocycles. The first kappa shape index (κ1) is 10.4. The van der Waals surface area contributed by atoms with E-state index in [2.05, 4.69) is 5.32 Å². The average molecular weight is 293 g/mol. The van der Waals surface area contributed by atoms with Gasteiger partial charge in [0.1, 0.15) is 5.82 Å². The molecular weight excluding hydrogens is 284 g/mol. The number of rotatable bonds is 2. The molecule has 0 saturated heterocycles. The summed E-state index contributed by atoms with van der Waals surface area (Å²) in [6, 6.07) is 5.69. The molecule has 1 unspecified atom stereocenters. The summed E-state index contributed by atoms with van der Waals surface area (Å²) >= 11 is 2.02. The molecule has 0 aromatic heterocycles. The second kappa shape index (κ2) is 4.55. The number of amides is 1. The van der Waals surface area contributed by atoms with E-state index in [1.165, 1.54) is 24.3 Å². The first-order valence-electron chi connectivity index (χ1n) is 3.80. The van der Waals surface area contributed by atoms with Crippen LogP contribution < -0.4 is 5.32 Å². The van der Waals surface area contributed by atoms with Crippen molar-refractivity contribution in [1.82, 2.24) is 0 Å². The molecule has 0 fully saturated rings. The van der Waals surface area contributed by atoms with Crippen molar-refractivity contribution >= 4 is 34.2 Å². The van der Waals surface area contributed by atoms with Crippen LogP contribution >= 0.6 is 22.6 Å². The zero-order chi connectivity index (χ0) is 9.84. The van der Waals surface area contributed by atoms with Gasteiger partial charge < -0.3 is 5.32 Å². The summed E-state index contributed by atoms with van der Waals surface area (Å²) in [7, 11) is 0. The molecule has 70 valence electrons. The minimum Gasteiger partial charge on any atom is -0.325 e. The van der Waals surface area contributed by atoms with E-state index in [9.17, 15) is 9.18 Å². The maximum Gasteiger partial charge on any atom is 0.237 e. The molecule has 2 nitrogen and oxygen atoms in total. The highest BCUT2D eigenvalue weighted by atomic mass is 127. The normalized spacial score (nSPS) is 12.2. The third-order valence-corrected chi connectivity index (χ3v) is 2.04. The molecule has 0 aliphatic heterocycles. The van der Waals surface area contributed by atoms with Gasteiger partial charge >= 0.3 is 0 Å².